The summed E-state index contributed by atoms with van der Waals surface area (Å²) in [7, 11) is 0. The maximum atomic E-state index is 11.5. The summed E-state index contributed by atoms with van der Waals surface area (Å²) in [5.74, 6) is -0.573. The van der Waals surface area contributed by atoms with Crippen molar-refractivity contribution in [1.82, 2.24) is 5.32 Å². The van der Waals surface area contributed by atoms with Crippen LogP contribution in [-0.4, -0.2) is 17.0 Å². The molecule has 0 saturated heterocycles. The van der Waals surface area contributed by atoms with Gasteiger partial charge >= 0.3 is 5.97 Å². The van der Waals surface area contributed by atoms with E-state index in [0.29, 0.717) is 18.9 Å². The average Bonchev–Trinajstić information content (AvgIpc) is 2.70. The first-order valence-corrected chi connectivity index (χ1v) is 6.60. The van der Waals surface area contributed by atoms with Gasteiger partial charge in [0.1, 0.15) is 0 Å². The Morgan fingerprint density at radius 2 is 2.22 bits per heavy atom. The number of aliphatic carboxylic acids is 1. The standard InChI is InChI=1S/C13H17NO3S/c1-9(2)5-12(15)14-7-11-6-10(8-18-11)3-4-13(16)17/h3-4,6,8-9H,5,7H2,1-2H3,(H,14,15)(H,16,17). The number of carboxylic acids is 1. The molecule has 0 aliphatic rings. The molecule has 0 aliphatic heterocycles. The molecule has 0 radical (unpaired) electrons. The maximum absolute atomic E-state index is 11.5. The van der Waals surface area contributed by atoms with E-state index < -0.39 is 5.97 Å². The third-order valence-electron chi connectivity index (χ3n) is 2.15. The minimum absolute atomic E-state index is 0.0426. The molecule has 1 aromatic heterocycles. The van der Waals surface area contributed by atoms with Crippen LogP contribution in [0.1, 0.15) is 30.7 Å². The van der Waals surface area contributed by atoms with E-state index >= 15 is 0 Å². The molecule has 1 amide bonds. The zero-order valence-electron chi connectivity index (χ0n) is 10.5. The number of hydrogen-bond donors (Lipinski definition) is 2. The fraction of sp³-hybridized carbons (Fsp3) is 0.385. The number of carbonyl (C=O) groups excluding carboxylic acids is 1. The third-order valence-corrected chi connectivity index (χ3v) is 3.10. The van der Waals surface area contributed by atoms with Gasteiger partial charge in [0.25, 0.3) is 0 Å². The molecule has 98 valence electrons. The molecule has 18 heavy (non-hydrogen) atoms. The van der Waals surface area contributed by atoms with Crippen LogP contribution in [0.5, 0.6) is 0 Å². The highest BCUT2D eigenvalue weighted by atomic mass is 32.1. The van der Waals surface area contributed by atoms with E-state index in [4.69, 9.17) is 5.11 Å². The number of carboxylic acid groups (broad SMARTS) is 1. The highest BCUT2D eigenvalue weighted by Crippen LogP contribution is 2.16. The lowest BCUT2D eigenvalue weighted by atomic mass is 10.1. The van der Waals surface area contributed by atoms with Crippen LogP contribution in [0.3, 0.4) is 0 Å². The molecular formula is C13H17NO3S. The molecule has 4 nitrogen and oxygen atoms in total. The molecule has 0 atom stereocenters. The Hall–Kier alpha value is -1.62. The highest BCUT2D eigenvalue weighted by Gasteiger charge is 2.05. The van der Waals surface area contributed by atoms with Crippen LogP contribution in [0.4, 0.5) is 0 Å². The second-order valence-electron chi connectivity index (χ2n) is 4.39. The minimum atomic E-state index is -0.965. The van der Waals surface area contributed by atoms with Crippen LogP contribution in [0, 0.1) is 5.92 Å². The van der Waals surface area contributed by atoms with Crippen LogP contribution in [0.25, 0.3) is 6.08 Å². The van der Waals surface area contributed by atoms with Gasteiger partial charge in [-0.05, 0) is 29.0 Å². The van der Waals surface area contributed by atoms with E-state index in [1.165, 1.54) is 17.4 Å². The third kappa shape index (κ3) is 5.63. The molecule has 0 bridgehead atoms. The Morgan fingerprint density at radius 3 is 2.83 bits per heavy atom. The molecule has 1 aromatic rings. The predicted octanol–water partition coefficient (Wildman–Crippen LogP) is 2.51. The summed E-state index contributed by atoms with van der Waals surface area (Å²) in [6.07, 6.45) is 3.17. The molecule has 0 spiro atoms. The van der Waals surface area contributed by atoms with Gasteiger partial charge in [0, 0.05) is 17.4 Å². The first kappa shape index (κ1) is 14.4. The summed E-state index contributed by atoms with van der Waals surface area (Å²) in [6.45, 7) is 4.50. The normalized spacial score (nSPS) is 11.1. The van der Waals surface area contributed by atoms with Crippen LogP contribution < -0.4 is 5.32 Å². The molecule has 2 N–H and O–H groups in total. The largest absolute Gasteiger partial charge is 0.478 e. The van der Waals surface area contributed by atoms with E-state index in [-0.39, 0.29) is 5.91 Å². The Labute approximate surface area is 110 Å². The lowest BCUT2D eigenvalue weighted by Gasteiger charge is -2.05. The Balaban J connectivity index is 2.44. The fourth-order valence-electron chi connectivity index (χ4n) is 1.37. The number of nitrogens with one attached hydrogen (secondary N) is 1. The van der Waals surface area contributed by atoms with Crippen LogP contribution in [-0.2, 0) is 16.1 Å². The van der Waals surface area contributed by atoms with Crippen molar-refractivity contribution in [2.45, 2.75) is 26.8 Å². The zero-order valence-corrected chi connectivity index (χ0v) is 11.3. The summed E-state index contributed by atoms with van der Waals surface area (Å²) in [6, 6.07) is 1.87. The summed E-state index contributed by atoms with van der Waals surface area (Å²) in [4.78, 5) is 22.8. The van der Waals surface area contributed by atoms with Crippen molar-refractivity contribution in [3.05, 3.63) is 28.0 Å². The SMILES string of the molecule is CC(C)CC(=O)NCc1cc(C=CC(=O)O)cs1. The molecule has 5 heteroatoms. The van der Waals surface area contributed by atoms with Crippen molar-refractivity contribution in [3.63, 3.8) is 0 Å². The van der Waals surface area contributed by atoms with Gasteiger partial charge in [0.2, 0.25) is 5.91 Å². The lowest BCUT2D eigenvalue weighted by molar-refractivity contribution is -0.131. The topological polar surface area (TPSA) is 66.4 Å². The zero-order chi connectivity index (χ0) is 13.5. The molecule has 0 saturated carbocycles. The molecule has 0 fully saturated rings. The van der Waals surface area contributed by atoms with Crippen molar-refractivity contribution < 1.29 is 14.7 Å². The molecular weight excluding hydrogens is 250 g/mol. The van der Waals surface area contributed by atoms with Gasteiger partial charge in [0.15, 0.2) is 0 Å². The quantitative estimate of drug-likeness (QED) is 0.778. The van der Waals surface area contributed by atoms with Crippen molar-refractivity contribution in [3.8, 4) is 0 Å². The van der Waals surface area contributed by atoms with Gasteiger partial charge in [-0.1, -0.05) is 13.8 Å². The van der Waals surface area contributed by atoms with Crippen molar-refractivity contribution in [2.75, 3.05) is 0 Å². The molecule has 1 rings (SSSR count). The highest BCUT2D eigenvalue weighted by molar-refractivity contribution is 7.10. The van der Waals surface area contributed by atoms with Gasteiger partial charge < -0.3 is 10.4 Å². The van der Waals surface area contributed by atoms with Crippen molar-refractivity contribution in [1.29, 1.82) is 0 Å². The number of amides is 1. The van der Waals surface area contributed by atoms with Crippen molar-refractivity contribution in [2.24, 2.45) is 5.92 Å². The van der Waals surface area contributed by atoms with E-state index in [2.05, 4.69) is 5.32 Å². The second kappa shape index (κ2) is 6.96. The van der Waals surface area contributed by atoms with Crippen LogP contribution in [0.2, 0.25) is 0 Å². The van der Waals surface area contributed by atoms with Crippen molar-refractivity contribution >= 4 is 29.3 Å². The predicted molar refractivity (Wildman–Crippen MR) is 72.3 cm³/mol. The van der Waals surface area contributed by atoms with E-state index in [1.807, 2.05) is 25.3 Å². The first-order chi connectivity index (χ1) is 8.47. The number of thiophene rings is 1. The lowest BCUT2D eigenvalue weighted by Crippen LogP contribution is -2.23. The summed E-state index contributed by atoms with van der Waals surface area (Å²) in [5.41, 5.74) is 0.843. The first-order valence-electron chi connectivity index (χ1n) is 5.72. The second-order valence-corrected chi connectivity index (χ2v) is 5.39. The Bertz CT molecular complexity index is 449. The van der Waals surface area contributed by atoms with Gasteiger partial charge in [-0.15, -0.1) is 11.3 Å². The smallest absolute Gasteiger partial charge is 0.328 e. The van der Waals surface area contributed by atoms with Gasteiger partial charge in [-0.2, -0.15) is 0 Å². The molecule has 0 unspecified atom stereocenters. The molecule has 1 heterocycles. The van der Waals surface area contributed by atoms with Crippen LogP contribution in [0.15, 0.2) is 17.5 Å². The molecule has 0 aliphatic carbocycles. The summed E-state index contributed by atoms with van der Waals surface area (Å²) >= 11 is 1.50. The summed E-state index contributed by atoms with van der Waals surface area (Å²) in [5, 5.41) is 13.2. The monoisotopic (exact) mass is 267 g/mol. The van der Waals surface area contributed by atoms with Gasteiger partial charge in [-0.3, -0.25) is 4.79 Å². The number of hydrogen-bond acceptors (Lipinski definition) is 3. The summed E-state index contributed by atoms with van der Waals surface area (Å²) < 4.78 is 0. The number of rotatable bonds is 6. The van der Waals surface area contributed by atoms with Gasteiger partial charge in [0.05, 0.1) is 6.54 Å². The fourth-order valence-corrected chi connectivity index (χ4v) is 2.17. The van der Waals surface area contributed by atoms with Crippen LogP contribution >= 0.6 is 11.3 Å². The Kier molecular flexibility index (Phi) is 5.58. The van der Waals surface area contributed by atoms with E-state index in [1.54, 1.807) is 0 Å². The maximum Gasteiger partial charge on any atom is 0.328 e. The Morgan fingerprint density at radius 1 is 1.50 bits per heavy atom. The van der Waals surface area contributed by atoms with E-state index in [0.717, 1.165) is 16.5 Å². The number of carbonyl (C=O) groups is 2. The van der Waals surface area contributed by atoms with Gasteiger partial charge in [-0.25, -0.2) is 4.79 Å². The van der Waals surface area contributed by atoms with E-state index in [9.17, 15) is 9.59 Å². The average molecular weight is 267 g/mol. The molecule has 0 aromatic carbocycles. The minimum Gasteiger partial charge on any atom is -0.478 e.